The zero-order chi connectivity index (χ0) is 19.0. The Morgan fingerprint density at radius 1 is 0.519 bits per heavy atom. The number of phenols is 3. The maximum atomic E-state index is 12.9. The highest BCUT2D eigenvalue weighted by atomic mass is 16.3. The van der Waals surface area contributed by atoms with E-state index in [2.05, 4.69) is 0 Å². The first-order valence-corrected chi connectivity index (χ1v) is 8.10. The Kier molecular flexibility index (Phi) is 2.74. The van der Waals surface area contributed by atoms with Crippen LogP contribution >= 0.6 is 0 Å². The lowest BCUT2D eigenvalue weighted by Crippen LogP contribution is -2.13. The predicted molar refractivity (Wildman–Crippen MR) is 103 cm³/mol. The highest BCUT2D eigenvalue weighted by molar-refractivity contribution is 6.21. The summed E-state index contributed by atoms with van der Waals surface area (Å²) >= 11 is 0. The van der Waals surface area contributed by atoms with Crippen molar-refractivity contribution in [3.8, 4) is 17.2 Å². The number of hydrogen-bond acceptors (Lipinski definition) is 6. The van der Waals surface area contributed by atoms with Crippen LogP contribution in [0.2, 0.25) is 0 Å². The molecular weight excluding hydrogens is 348 g/mol. The quantitative estimate of drug-likeness (QED) is 0.367. The summed E-state index contributed by atoms with van der Waals surface area (Å²) in [6.45, 7) is 0. The van der Waals surface area contributed by atoms with E-state index in [9.17, 15) is 29.7 Å². The first kappa shape index (κ1) is 15.3. The number of fused-ring (bicyclic) bond motifs is 5. The summed E-state index contributed by atoms with van der Waals surface area (Å²) in [5.41, 5.74) is -1.79. The van der Waals surface area contributed by atoms with E-state index in [-0.39, 0.29) is 49.2 Å². The van der Waals surface area contributed by atoms with Gasteiger partial charge in [-0.1, -0.05) is 24.3 Å². The van der Waals surface area contributed by atoms with Crippen molar-refractivity contribution in [2.75, 3.05) is 0 Å². The van der Waals surface area contributed by atoms with E-state index in [4.69, 9.17) is 0 Å². The van der Waals surface area contributed by atoms with Crippen LogP contribution in [0.1, 0.15) is 0 Å². The third-order valence-electron chi connectivity index (χ3n) is 5.07. The van der Waals surface area contributed by atoms with Crippen LogP contribution in [0.4, 0.5) is 0 Å². The molecule has 0 saturated carbocycles. The van der Waals surface area contributed by atoms with Gasteiger partial charge in [0.05, 0.1) is 16.2 Å². The molecular formula is C21H10O6. The molecule has 3 N–H and O–H groups in total. The molecule has 0 saturated heterocycles. The fourth-order valence-corrected chi connectivity index (χ4v) is 3.89. The van der Waals surface area contributed by atoms with E-state index >= 15 is 0 Å². The minimum Gasteiger partial charge on any atom is -0.507 e. The van der Waals surface area contributed by atoms with Crippen LogP contribution < -0.4 is 16.3 Å². The molecule has 0 aliphatic heterocycles. The normalized spacial score (nSPS) is 11.9. The number of aromatic hydroxyl groups is 3. The third-order valence-corrected chi connectivity index (χ3v) is 5.07. The Balaban J connectivity index is 2.21. The van der Waals surface area contributed by atoms with Gasteiger partial charge in [-0.05, 0) is 18.2 Å². The molecule has 6 nitrogen and oxygen atoms in total. The zero-order valence-electron chi connectivity index (χ0n) is 13.6. The molecule has 0 atom stereocenters. The molecule has 0 amide bonds. The average Bonchev–Trinajstić information content (AvgIpc) is 2.93. The van der Waals surface area contributed by atoms with Gasteiger partial charge in [0.2, 0.25) is 5.43 Å². The van der Waals surface area contributed by atoms with E-state index in [1.54, 1.807) is 6.07 Å². The van der Waals surface area contributed by atoms with Crippen LogP contribution in [0.3, 0.4) is 0 Å². The second-order valence-electron chi connectivity index (χ2n) is 6.46. The van der Waals surface area contributed by atoms with Gasteiger partial charge in [0.15, 0.2) is 10.9 Å². The Morgan fingerprint density at radius 2 is 1.07 bits per heavy atom. The van der Waals surface area contributed by atoms with Crippen molar-refractivity contribution in [2.45, 2.75) is 0 Å². The first-order valence-electron chi connectivity index (χ1n) is 8.10. The molecule has 0 bridgehead atoms. The molecule has 0 unspecified atom stereocenters. The van der Waals surface area contributed by atoms with Crippen molar-refractivity contribution in [1.29, 1.82) is 0 Å². The largest absolute Gasteiger partial charge is 0.507 e. The fourth-order valence-electron chi connectivity index (χ4n) is 3.89. The van der Waals surface area contributed by atoms with Gasteiger partial charge in [0, 0.05) is 26.9 Å². The predicted octanol–water partition coefficient (Wildman–Crippen LogP) is 2.37. The van der Waals surface area contributed by atoms with E-state index in [1.165, 1.54) is 36.4 Å². The molecule has 0 fully saturated rings. The van der Waals surface area contributed by atoms with E-state index < -0.39 is 22.0 Å². The van der Waals surface area contributed by atoms with Crippen molar-refractivity contribution in [2.24, 2.45) is 0 Å². The Bertz CT molecular complexity index is 1600. The van der Waals surface area contributed by atoms with Gasteiger partial charge < -0.3 is 15.3 Å². The lowest BCUT2D eigenvalue weighted by atomic mass is 9.98. The van der Waals surface area contributed by atoms with Crippen molar-refractivity contribution in [1.82, 2.24) is 0 Å². The Morgan fingerprint density at radius 3 is 1.74 bits per heavy atom. The summed E-state index contributed by atoms with van der Waals surface area (Å²) in [7, 11) is 0. The summed E-state index contributed by atoms with van der Waals surface area (Å²) < 4.78 is 0. The second-order valence-corrected chi connectivity index (χ2v) is 6.46. The number of rotatable bonds is 0. The minimum atomic E-state index is -0.695. The molecule has 0 aliphatic rings. The molecule has 0 radical (unpaired) electrons. The van der Waals surface area contributed by atoms with E-state index in [0.29, 0.717) is 5.39 Å². The molecule has 5 aromatic carbocycles. The lowest BCUT2D eigenvalue weighted by Gasteiger charge is -2.06. The van der Waals surface area contributed by atoms with Crippen LogP contribution in [0.15, 0.2) is 56.8 Å². The van der Waals surface area contributed by atoms with Gasteiger partial charge in [0.1, 0.15) is 17.2 Å². The number of benzene rings is 4. The molecule has 130 valence electrons. The van der Waals surface area contributed by atoms with Gasteiger partial charge in [-0.15, -0.1) is 0 Å². The molecule has 0 aromatic heterocycles. The van der Waals surface area contributed by atoms with Gasteiger partial charge >= 0.3 is 0 Å². The van der Waals surface area contributed by atoms with Crippen molar-refractivity contribution < 1.29 is 15.3 Å². The van der Waals surface area contributed by atoms with Gasteiger partial charge in [-0.2, -0.15) is 0 Å². The summed E-state index contributed by atoms with van der Waals surface area (Å²) in [6.07, 6.45) is 0. The summed E-state index contributed by atoms with van der Waals surface area (Å²) in [6, 6.07) is 9.83. The first-order chi connectivity index (χ1) is 12.9. The SMILES string of the molecule is O=c1c2cccc(O)c2c(=O)c2c(O)c3c(cc12)c(=O)c1c(O)cccc13. The van der Waals surface area contributed by atoms with E-state index in [0.717, 1.165) is 0 Å². The monoisotopic (exact) mass is 358 g/mol. The molecule has 0 aliphatic carbocycles. The lowest BCUT2D eigenvalue weighted by molar-refractivity contribution is 0.481. The molecule has 5 aromatic rings. The van der Waals surface area contributed by atoms with Crippen LogP contribution in [0, 0.1) is 0 Å². The number of hydrogen-bond donors (Lipinski definition) is 3. The standard InChI is InChI=1S/C21H10O6/c22-12-5-1-3-8-14-10(19(25)15(8)12)7-11-17(20(14)26)21(27)16-9(18(11)24)4-2-6-13(16)23/h1-7,22-23,26H. The smallest absolute Gasteiger partial charge is 0.201 e. The van der Waals surface area contributed by atoms with Crippen molar-refractivity contribution in [3.05, 3.63) is 73.1 Å². The highest BCUT2D eigenvalue weighted by Crippen LogP contribution is 2.38. The molecule has 5 rings (SSSR count). The molecule has 0 spiro atoms. The molecule has 27 heavy (non-hydrogen) atoms. The van der Waals surface area contributed by atoms with Crippen LogP contribution in [0.5, 0.6) is 17.2 Å². The maximum Gasteiger partial charge on any atom is 0.201 e. The zero-order valence-corrected chi connectivity index (χ0v) is 13.6. The number of phenolic OH excluding ortho intramolecular Hbond substituents is 3. The van der Waals surface area contributed by atoms with Gasteiger partial charge in [-0.25, -0.2) is 0 Å². The van der Waals surface area contributed by atoms with Gasteiger partial charge in [-0.3, -0.25) is 14.4 Å². The Labute approximate surface area is 149 Å². The van der Waals surface area contributed by atoms with Crippen LogP contribution in [-0.2, 0) is 0 Å². The molecule has 0 heterocycles. The van der Waals surface area contributed by atoms with Crippen LogP contribution in [-0.4, -0.2) is 15.3 Å². The maximum absolute atomic E-state index is 12.9. The van der Waals surface area contributed by atoms with Crippen molar-refractivity contribution >= 4 is 43.1 Å². The second kappa shape index (κ2) is 4.82. The minimum absolute atomic E-state index is 0.0117. The van der Waals surface area contributed by atoms with E-state index in [1.807, 2.05) is 0 Å². The highest BCUT2D eigenvalue weighted by Gasteiger charge is 2.23. The fraction of sp³-hybridized carbons (Fsp3) is 0. The van der Waals surface area contributed by atoms with Gasteiger partial charge in [0.25, 0.3) is 0 Å². The summed E-state index contributed by atoms with van der Waals surface area (Å²) in [5, 5.41) is 30.9. The Hall–Kier alpha value is -3.93. The summed E-state index contributed by atoms with van der Waals surface area (Å²) in [5.74, 6) is -1.11. The summed E-state index contributed by atoms with van der Waals surface area (Å²) in [4.78, 5) is 38.5. The van der Waals surface area contributed by atoms with Crippen LogP contribution in [0.25, 0.3) is 43.1 Å². The third kappa shape index (κ3) is 1.71. The van der Waals surface area contributed by atoms with Crippen molar-refractivity contribution in [3.63, 3.8) is 0 Å². The molecule has 6 heteroatoms. The average molecular weight is 358 g/mol. The topological polar surface area (TPSA) is 112 Å².